The second-order valence-electron chi connectivity index (χ2n) is 10.1. The van der Waals surface area contributed by atoms with E-state index in [0.717, 1.165) is 30.5 Å². The Morgan fingerprint density at radius 3 is 2.30 bits per heavy atom. The molecular weight excluding hydrogens is 583 g/mol. The summed E-state index contributed by atoms with van der Waals surface area (Å²) in [5.74, 6) is -0.719. The molecule has 1 atom stereocenters. The lowest BCUT2D eigenvalue weighted by molar-refractivity contribution is -0.139. The SMILES string of the molecule is CCCCNC(=O)C(C)N(Cc1cccc(OC)c1)C(=O)CN(c1cccc(C(F)(F)F)c1)S(=O)(=O)c1ccc(C)cc1. The number of alkyl halides is 3. The molecule has 0 bridgehead atoms. The minimum absolute atomic E-state index is 0.0839. The number of sulfonamides is 1. The first-order valence-electron chi connectivity index (χ1n) is 13.7. The van der Waals surface area contributed by atoms with Gasteiger partial charge in [0.2, 0.25) is 11.8 Å². The van der Waals surface area contributed by atoms with Gasteiger partial charge in [-0.3, -0.25) is 13.9 Å². The van der Waals surface area contributed by atoms with Gasteiger partial charge < -0.3 is 15.0 Å². The van der Waals surface area contributed by atoms with Crippen LogP contribution in [0.25, 0.3) is 0 Å². The lowest BCUT2D eigenvalue weighted by Gasteiger charge is -2.32. The number of nitrogens with one attached hydrogen (secondary N) is 1. The van der Waals surface area contributed by atoms with Crippen molar-refractivity contribution in [1.29, 1.82) is 0 Å². The van der Waals surface area contributed by atoms with Gasteiger partial charge in [-0.25, -0.2) is 8.42 Å². The van der Waals surface area contributed by atoms with E-state index in [-0.39, 0.29) is 17.1 Å². The van der Waals surface area contributed by atoms with Crippen molar-refractivity contribution in [2.24, 2.45) is 0 Å². The molecule has 3 aromatic rings. The van der Waals surface area contributed by atoms with Crippen LogP contribution in [0.3, 0.4) is 0 Å². The van der Waals surface area contributed by atoms with E-state index in [4.69, 9.17) is 4.74 Å². The number of ether oxygens (including phenoxy) is 1. The number of hydrogen-bond donors (Lipinski definition) is 1. The molecule has 8 nitrogen and oxygen atoms in total. The van der Waals surface area contributed by atoms with Crippen molar-refractivity contribution >= 4 is 27.5 Å². The Morgan fingerprint density at radius 1 is 1.00 bits per heavy atom. The summed E-state index contributed by atoms with van der Waals surface area (Å²) in [7, 11) is -3.03. The number of rotatable bonds is 13. The summed E-state index contributed by atoms with van der Waals surface area (Å²) in [6, 6.07) is 15.3. The van der Waals surface area contributed by atoms with Gasteiger partial charge >= 0.3 is 6.18 Å². The third-order valence-corrected chi connectivity index (χ3v) is 8.62. The number of amides is 2. The fourth-order valence-corrected chi connectivity index (χ4v) is 5.70. The second-order valence-corrected chi connectivity index (χ2v) is 11.9. The highest BCUT2D eigenvalue weighted by Gasteiger charge is 2.35. The Kier molecular flexibility index (Phi) is 11.2. The molecule has 0 saturated heterocycles. The van der Waals surface area contributed by atoms with E-state index in [1.54, 1.807) is 43.3 Å². The molecule has 1 N–H and O–H groups in total. The minimum Gasteiger partial charge on any atom is -0.497 e. The molecular formula is C31H36F3N3O5S. The van der Waals surface area contributed by atoms with E-state index in [1.807, 2.05) is 6.92 Å². The maximum absolute atomic E-state index is 14.0. The number of methoxy groups -OCH3 is 1. The Hall–Kier alpha value is -4.06. The Bertz CT molecular complexity index is 1510. The fraction of sp³-hybridized carbons (Fsp3) is 0.355. The summed E-state index contributed by atoms with van der Waals surface area (Å²) >= 11 is 0. The molecule has 0 aliphatic heterocycles. The van der Waals surface area contributed by atoms with Crippen molar-refractivity contribution in [2.75, 3.05) is 24.5 Å². The molecule has 0 fully saturated rings. The molecule has 0 spiro atoms. The van der Waals surface area contributed by atoms with Crippen LogP contribution in [0.2, 0.25) is 0 Å². The Labute approximate surface area is 250 Å². The van der Waals surface area contributed by atoms with Gasteiger partial charge in [-0.15, -0.1) is 0 Å². The molecule has 232 valence electrons. The van der Waals surface area contributed by atoms with Gasteiger partial charge in [0.1, 0.15) is 18.3 Å². The van der Waals surface area contributed by atoms with Crippen LogP contribution in [0.15, 0.2) is 77.7 Å². The molecule has 2 amide bonds. The second kappa shape index (κ2) is 14.4. The average Bonchev–Trinajstić information content (AvgIpc) is 2.98. The van der Waals surface area contributed by atoms with Crippen molar-refractivity contribution < 1.29 is 35.9 Å². The normalized spacial score (nSPS) is 12.3. The van der Waals surface area contributed by atoms with Crippen LogP contribution in [0.1, 0.15) is 43.4 Å². The largest absolute Gasteiger partial charge is 0.497 e. The zero-order valence-electron chi connectivity index (χ0n) is 24.5. The minimum atomic E-state index is -4.75. The highest BCUT2D eigenvalue weighted by atomic mass is 32.2. The molecule has 3 rings (SSSR count). The van der Waals surface area contributed by atoms with E-state index >= 15 is 0 Å². The van der Waals surface area contributed by atoms with Gasteiger partial charge in [0, 0.05) is 13.1 Å². The molecule has 0 saturated carbocycles. The maximum Gasteiger partial charge on any atom is 0.416 e. The number of anilines is 1. The van der Waals surface area contributed by atoms with Crippen LogP contribution in [0, 0.1) is 6.92 Å². The summed E-state index contributed by atoms with van der Waals surface area (Å²) in [4.78, 5) is 28.0. The molecule has 0 heterocycles. The molecule has 12 heteroatoms. The lowest BCUT2D eigenvalue weighted by atomic mass is 10.1. The smallest absolute Gasteiger partial charge is 0.416 e. The highest BCUT2D eigenvalue weighted by Crippen LogP contribution is 2.33. The number of nitrogens with zero attached hydrogens (tertiary/aromatic N) is 2. The van der Waals surface area contributed by atoms with Crippen molar-refractivity contribution in [3.63, 3.8) is 0 Å². The number of benzene rings is 3. The molecule has 3 aromatic carbocycles. The molecule has 43 heavy (non-hydrogen) atoms. The summed E-state index contributed by atoms with van der Waals surface area (Å²) in [5, 5.41) is 2.78. The Balaban J connectivity index is 2.07. The highest BCUT2D eigenvalue weighted by molar-refractivity contribution is 7.92. The molecule has 1 unspecified atom stereocenters. The van der Waals surface area contributed by atoms with Crippen molar-refractivity contribution in [3.05, 3.63) is 89.5 Å². The zero-order chi connectivity index (χ0) is 31.8. The Morgan fingerprint density at radius 2 is 1.67 bits per heavy atom. The summed E-state index contributed by atoms with van der Waals surface area (Å²) < 4.78 is 74.5. The van der Waals surface area contributed by atoms with Gasteiger partial charge in [-0.05, 0) is 68.3 Å². The summed E-state index contributed by atoms with van der Waals surface area (Å²) in [6.45, 7) is 4.69. The van der Waals surface area contributed by atoms with Crippen LogP contribution in [0.5, 0.6) is 5.75 Å². The van der Waals surface area contributed by atoms with E-state index in [2.05, 4.69) is 5.32 Å². The van der Waals surface area contributed by atoms with Crippen molar-refractivity contribution in [2.45, 2.75) is 57.3 Å². The predicted molar refractivity (Wildman–Crippen MR) is 158 cm³/mol. The van der Waals surface area contributed by atoms with Crippen molar-refractivity contribution in [1.82, 2.24) is 10.2 Å². The standard InChI is InChI=1S/C31H36F3N3O5S/c1-5-6-17-35-30(39)23(3)36(20-24-9-7-12-27(18-24)42-4)29(38)21-37(26-11-8-10-25(19-26)31(32,33)34)43(40,41)28-15-13-22(2)14-16-28/h7-16,18-19,23H,5-6,17,20-21H2,1-4H3,(H,35,39). The molecule has 0 radical (unpaired) electrons. The summed E-state index contributed by atoms with van der Waals surface area (Å²) in [5.41, 5.74) is -0.0375. The lowest BCUT2D eigenvalue weighted by Crippen LogP contribution is -2.51. The van der Waals surface area contributed by atoms with Gasteiger partial charge in [-0.1, -0.05) is 49.2 Å². The molecule has 0 aliphatic carbocycles. The average molecular weight is 620 g/mol. The number of halogens is 3. The van der Waals surface area contributed by atoms with E-state index in [1.165, 1.54) is 37.1 Å². The number of carbonyl (C=O) groups is 2. The topological polar surface area (TPSA) is 96.0 Å². The van der Waals surface area contributed by atoms with Crippen molar-refractivity contribution in [3.8, 4) is 5.75 Å². The number of unbranched alkanes of at least 4 members (excludes halogenated alkanes) is 1. The quantitative estimate of drug-likeness (QED) is 0.253. The van der Waals surface area contributed by atoms with Gasteiger partial charge in [0.25, 0.3) is 10.0 Å². The first-order valence-corrected chi connectivity index (χ1v) is 15.2. The number of aryl methyl sites for hydroxylation is 1. The maximum atomic E-state index is 14.0. The first-order chi connectivity index (χ1) is 20.3. The van der Waals surface area contributed by atoms with Gasteiger partial charge in [0.15, 0.2) is 0 Å². The van der Waals surface area contributed by atoms with E-state index < -0.39 is 46.2 Å². The molecule has 0 aliphatic rings. The van der Waals surface area contributed by atoms with Gasteiger partial charge in [-0.2, -0.15) is 13.2 Å². The third-order valence-electron chi connectivity index (χ3n) is 6.83. The van der Waals surface area contributed by atoms with Crippen LogP contribution in [0.4, 0.5) is 18.9 Å². The zero-order valence-corrected chi connectivity index (χ0v) is 25.3. The van der Waals surface area contributed by atoms with Crippen LogP contribution in [-0.4, -0.2) is 51.4 Å². The monoisotopic (exact) mass is 619 g/mol. The van der Waals surface area contributed by atoms with Crippen LogP contribution in [-0.2, 0) is 32.3 Å². The van der Waals surface area contributed by atoms with E-state index in [0.29, 0.717) is 28.2 Å². The fourth-order valence-electron chi connectivity index (χ4n) is 4.29. The van der Waals surface area contributed by atoms with Gasteiger partial charge in [0.05, 0.1) is 23.3 Å². The third kappa shape index (κ3) is 8.73. The number of hydrogen-bond acceptors (Lipinski definition) is 5. The number of carbonyl (C=O) groups excluding carboxylic acids is 2. The van der Waals surface area contributed by atoms with Crippen LogP contribution < -0.4 is 14.4 Å². The summed E-state index contributed by atoms with van der Waals surface area (Å²) in [6.07, 6.45) is -3.19. The van der Waals surface area contributed by atoms with E-state index in [9.17, 15) is 31.2 Å². The first kappa shape index (κ1) is 33.4. The van der Waals surface area contributed by atoms with Crippen LogP contribution >= 0.6 is 0 Å². The predicted octanol–water partition coefficient (Wildman–Crippen LogP) is 5.55. The molecule has 0 aromatic heterocycles.